The van der Waals surface area contributed by atoms with Gasteiger partial charge >= 0.3 is 5.97 Å². The average Bonchev–Trinajstić information content (AvgIpc) is 3.41. The first-order chi connectivity index (χ1) is 21.5. The van der Waals surface area contributed by atoms with Gasteiger partial charge in [0, 0.05) is 16.5 Å². The van der Waals surface area contributed by atoms with Crippen LogP contribution in [0.4, 0.5) is 5.95 Å². The molecule has 1 atom stereocenters. The zero-order chi connectivity index (χ0) is 32.3. The minimum absolute atomic E-state index is 0.0733. The summed E-state index contributed by atoms with van der Waals surface area (Å²) in [5.74, 6) is 1.76. The van der Waals surface area contributed by atoms with Crippen LogP contribution in [0.1, 0.15) is 62.9 Å². The molecule has 4 aromatic rings. The van der Waals surface area contributed by atoms with Crippen molar-refractivity contribution >= 4 is 51.2 Å². The molecule has 0 saturated carbocycles. The molecule has 0 spiro atoms. The van der Waals surface area contributed by atoms with E-state index in [0.717, 1.165) is 16.7 Å². The number of thioether (sulfide) groups is 1. The van der Waals surface area contributed by atoms with Crippen LogP contribution in [-0.4, -0.2) is 34.5 Å². The van der Waals surface area contributed by atoms with Crippen LogP contribution in [-0.2, 0) is 27.3 Å². The number of hydrogen-bond donors (Lipinski definition) is 1. The second-order valence-electron chi connectivity index (χ2n) is 11.6. The lowest BCUT2D eigenvalue weighted by Gasteiger charge is -2.28. The summed E-state index contributed by atoms with van der Waals surface area (Å²) in [5, 5.41) is 9.28. The van der Waals surface area contributed by atoms with Crippen molar-refractivity contribution in [3.05, 3.63) is 104 Å². The summed E-state index contributed by atoms with van der Waals surface area (Å²) in [6.45, 7) is 11.1. The molecule has 0 aliphatic carbocycles. The Hall–Kier alpha value is -3.47. The molecule has 1 aliphatic heterocycles. The van der Waals surface area contributed by atoms with Gasteiger partial charge < -0.3 is 19.5 Å². The quantitative estimate of drug-likeness (QED) is 0.129. The Labute approximate surface area is 281 Å². The van der Waals surface area contributed by atoms with E-state index < -0.39 is 12.0 Å². The number of anilines is 1. The summed E-state index contributed by atoms with van der Waals surface area (Å²) >= 11 is 11.6. The van der Waals surface area contributed by atoms with E-state index in [0.29, 0.717) is 62.3 Å². The van der Waals surface area contributed by atoms with Crippen LogP contribution in [0.3, 0.4) is 0 Å². The van der Waals surface area contributed by atoms with Crippen LogP contribution in [0.25, 0.3) is 0 Å². The number of ether oxygens (including phenoxy) is 3. The Balaban J connectivity index is 1.48. The van der Waals surface area contributed by atoms with Gasteiger partial charge in [0.2, 0.25) is 11.1 Å². The fourth-order valence-corrected chi connectivity index (χ4v) is 6.73. The number of halogens is 2. The second-order valence-corrected chi connectivity index (χ2v) is 13.8. The molecule has 8 nitrogen and oxygen atoms in total. The van der Waals surface area contributed by atoms with Gasteiger partial charge in [0.25, 0.3) is 0 Å². The van der Waals surface area contributed by atoms with Crippen molar-refractivity contribution < 1.29 is 19.0 Å². The van der Waals surface area contributed by atoms with Gasteiger partial charge in [0.05, 0.1) is 23.8 Å². The SMILES string of the molecule is CCOc1cc(C2C(C(=O)OC)=C(C)Nc3nc(SCc4ccccc4Cl)nn32)cc(Br)c1OCc1ccc(C(C)(C)C)cc1. The summed E-state index contributed by atoms with van der Waals surface area (Å²) in [5.41, 5.74) is 5.15. The van der Waals surface area contributed by atoms with Crippen molar-refractivity contribution in [2.24, 2.45) is 0 Å². The van der Waals surface area contributed by atoms with Crippen molar-refractivity contribution in [1.29, 1.82) is 0 Å². The summed E-state index contributed by atoms with van der Waals surface area (Å²) in [6.07, 6.45) is 0. The maximum Gasteiger partial charge on any atom is 0.338 e. The molecular weight excluding hydrogens is 676 g/mol. The van der Waals surface area contributed by atoms with Crippen LogP contribution in [0, 0.1) is 0 Å². The standard InChI is InChI=1S/C34H36BrClN4O4S/c1-7-43-27-17-23(16-25(35)30(27)44-18-21-12-14-24(15-13-21)34(3,4)5)29-28(31(41)42-6)20(2)37-32-38-33(39-40(29)32)45-19-22-10-8-9-11-26(22)36/h8-17,29H,7,18-19H2,1-6H3,(H,37,38,39). The van der Waals surface area contributed by atoms with Gasteiger partial charge in [-0.15, -0.1) is 5.10 Å². The van der Waals surface area contributed by atoms with E-state index in [1.807, 2.05) is 50.2 Å². The lowest BCUT2D eigenvalue weighted by molar-refractivity contribution is -0.136. The first kappa shape index (κ1) is 32.9. The molecule has 45 heavy (non-hydrogen) atoms. The number of allylic oxidation sites excluding steroid dienone is 1. The average molecular weight is 712 g/mol. The zero-order valence-corrected chi connectivity index (χ0v) is 29.3. The van der Waals surface area contributed by atoms with Crippen LogP contribution < -0.4 is 14.8 Å². The maximum atomic E-state index is 13.2. The van der Waals surface area contributed by atoms with Gasteiger partial charge in [0.15, 0.2) is 11.5 Å². The van der Waals surface area contributed by atoms with E-state index in [-0.39, 0.29) is 5.41 Å². The molecule has 0 amide bonds. The van der Waals surface area contributed by atoms with E-state index in [1.54, 1.807) is 4.68 Å². The summed E-state index contributed by atoms with van der Waals surface area (Å²) < 4.78 is 20.0. The minimum atomic E-state index is -0.634. The van der Waals surface area contributed by atoms with Crippen LogP contribution in [0.5, 0.6) is 11.5 Å². The highest BCUT2D eigenvalue weighted by Gasteiger charge is 2.36. The summed E-state index contributed by atoms with van der Waals surface area (Å²) in [7, 11) is 1.37. The Morgan fingerprint density at radius 3 is 2.51 bits per heavy atom. The molecule has 236 valence electrons. The van der Waals surface area contributed by atoms with Crippen LogP contribution in [0.15, 0.2) is 81.6 Å². The molecular formula is C34H36BrClN4O4S. The highest BCUT2D eigenvalue weighted by atomic mass is 79.9. The van der Waals surface area contributed by atoms with Gasteiger partial charge in [-0.2, -0.15) is 4.98 Å². The molecule has 2 heterocycles. The van der Waals surface area contributed by atoms with Gasteiger partial charge in [-0.3, -0.25) is 0 Å². The zero-order valence-electron chi connectivity index (χ0n) is 26.1. The molecule has 1 aromatic heterocycles. The van der Waals surface area contributed by atoms with Gasteiger partial charge in [-0.1, -0.05) is 86.6 Å². The van der Waals surface area contributed by atoms with Crippen molar-refractivity contribution in [2.45, 2.75) is 63.6 Å². The number of fused-ring (bicyclic) bond motifs is 1. The maximum absolute atomic E-state index is 13.2. The van der Waals surface area contributed by atoms with Gasteiger partial charge in [-0.05, 0) is 75.6 Å². The number of carbonyl (C=O) groups excluding carboxylic acids is 1. The van der Waals surface area contributed by atoms with E-state index in [2.05, 4.69) is 66.3 Å². The van der Waals surface area contributed by atoms with Crippen molar-refractivity contribution in [1.82, 2.24) is 14.8 Å². The number of methoxy groups -OCH3 is 1. The predicted octanol–water partition coefficient (Wildman–Crippen LogP) is 8.72. The number of hydrogen-bond acceptors (Lipinski definition) is 8. The lowest BCUT2D eigenvalue weighted by atomic mass is 9.87. The number of carbonyl (C=O) groups is 1. The fraction of sp³-hybridized carbons (Fsp3) is 0.324. The first-order valence-electron chi connectivity index (χ1n) is 14.6. The Morgan fingerprint density at radius 2 is 1.84 bits per heavy atom. The van der Waals surface area contributed by atoms with E-state index in [4.69, 9.17) is 35.9 Å². The Kier molecular flexibility index (Phi) is 10.2. The third kappa shape index (κ3) is 7.34. The van der Waals surface area contributed by atoms with Crippen molar-refractivity contribution in [3.8, 4) is 11.5 Å². The van der Waals surface area contributed by atoms with E-state index >= 15 is 0 Å². The van der Waals surface area contributed by atoms with E-state index in [1.165, 1.54) is 24.4 Å². The molecule has 5 rings (SSSR count). The molecule has 1 aliphatic rings. The Morgan fingerprint density at radius 1 is 1.11 bits per heavy atom. The number of nitrogens with one attached hydrogen (secondary N) is 1. The highest BCUT2D eigenvalue weighted by molar-refractivity contribution is 9.10. The molecule has 0 saturated heterocycles. The lowest BCUT2D eigenvalue weighted by Crippen LogP contribution is -2.29. The molecule has 1 unspecified atom stereocenters. The molecule has 1 N–H and O–H groups in total. The third-order valence-corrected chi connectivity index (χ3v) is 9.25. The predicted molar refractivity (Wildman–Crippen MR) is 182 cm³/mol. The number of benzene rings is 3. The molecule has 3 aromatic carbocycles. The molecule has 0 fully saturated rings. The summed E-state index contributed by atoms with van der Waals surface area (Å²) in [6, 6.07) is 19.3. The van der Waals surface area contributed by atoms with Crippen LogP contribution >= 0.6 is 39.3 Å². The fourth-order valence-electron chi connectivity index (χ4n) is 5.04. The van der Waals surface area contributed by atoms with Crippen LogP contribution in [0.2, 0.25) is 5.02 Å². The monoisotopic (exact) mass is 710 g/mol. The molecule has 11 heteroatoms. The number of rotatable bonds is 10. The van der Waals surface area contributed by atoms with Gasteiger partial charge in [-0.25, -0.2) is 9.48 Å². The molecule has 0 bridgehead atoms. The first-order valence-corrected chi connectivity index (χ1v) is 16.7. The smallest absolute Gasteiger partial charge is 0.338 e. The second kappa shape index (κ2) is 13.9. The van der Waals surface area contributed by atoms with Crippen molar-refractivity contribution in [3.63, 3.8) is 0 Å². The summed E-state index contributed by atoms with van der Waals surface area (Å²) in [4.78, 5) is 17.9. The topological polar surface area (TPSA) is 87.5 Å². The Bertz CT molecular complexity index is 1730. The largest absolute Gasteiger partial charge is 0.490 e. The van der Waals surface area contributed by atoms with Crippen molar-refractivity contribution in [2.75, 3.05) is 19.0 Å². The third-order valence-electron chi connectivity index (χ3n) is 7.40. The normalized spacial score (nSPS) is 14.5. The highest BCUT2D eigenvalue weighted by Crippen LogP contribution is 2.44. The van der Waals surface area contributed by atoms with E-state index in [9.17, 15) is 4.79 Å². The molecule has 0 radical (unpaired) electrons. The van der Waals surface area contributed by atoms with Gasteiger partial charge in [0.1, 0.15) is 12.6 Å². The number of aromatic nitrogens is 3. The minimum Gasteiger partial charge on any atom is -0.490 e. The number of esters is 1. The number of nitrogens with zero attached hydrogens (tertiary/aromatic N) is 3.